The van der Waals surface area contributed by atoms with Crippen LogP contribution in [0.2, 0.25) is 0 Å². The second-order valence-electron chi connectivity index (χ2n) is 8.46. The van der Waals surface area contributed by atoms with Crippen LogP contribution in [-0.4, -0.2) is 21.5 Å². The highest BCUT2D eigenvalue weighted by molar-refractivity contribution is 7.80. The first-order chi connectivity index (χ1) is 16.0. The van der Waals surface area contributed by atoms with Gasteiger partial charge >= 0.3 is 0 Å². The van der Waals surface area contributed by atoms with Crippen LogP contribution in [0.15, 0.2) is 83.7 Å². The fourth-order valence-electron chi connectivity index (χ4n) is 3.92. The van der Waals surface area contributed by atoms with E-state index in [1.807, 2.05) is 48.5 Å². The van der Waals surface area contributed by atoms with Gasteiger partial charge in [-0.15, -0.1) is 0 Å². The highest BCUT2D eigenvalue weighted by Gasteiger charge is 2.14. The Hall–Kier alpha value is -3.44. The summed E-state index contributed by atoms with van der Waals surface area (Å²) in [6.45, 7) is 5.95. The first-order valence-electron chi connectivity index (χ1n) is 11.2. The number of thiocarbonyl (C=S) groups is 1. The van der Waals surface area contributed by atoms with Gasteiger partial charge in [0.25, 0.3) is 5.56 Å². The Labute approximate surface area is 200 Å². The fourth-order valence-corrected chi connectivity index (χ4v) is 4.15. The lowest BCUT2D eigenvalue weighted by Gasteiger charge is -2.26. The van der Waals surface area contributed by atoms with E-state index < -0.39 is 0 Å². The molecule has 0 saturated heterocycles. The zero-order valence-electron chi connectivity index (χ0n) is 19.1. The van der Waals surface area contributed by atoms with Gasteiger partial charge in [0.1, 0.15) is 0 Å². The molecule has 0 radical (unpaired) electrons. The summed E-state index contributed by atoms with van der Waals surface area (Å²) in [5.41, 5.74) is 6.28. The van der Waals surface area contributed by atoms with E-state index in [4.69, 9.17) is 12.2 Å². The van der Waals surface area contributed by atoms with Crippen molar-refractivity contribution >= 4 is 28.2 Å². The third-order valence-corrected chi connectivity index (χ3v) is 6.34. The van der Waals surface area contributed by atoms with Crippen molar-refractivity contribution in [3.63, 3.8) is 0 Å². The number of aromatic nitrogens is 1. The normalized spacial score (nSPS) is 10.8. The topological polar surface area (TPSA) is 48.1 Å². The molecule has 0 aliphatic rings. The van der Waals surface area contributed by atoms with E-state index in [2.05, 4.69) is 59.4 Å². The summed E-state index contributed by atoms with van der Waals surface area (Å²) >= 11 is 5.77. The van der Waals surface area contributed by atoms with Gasteiger partial charge in [-0.1, -0.05) is 60.7 Å². The fraction of sp³-hybridized carbons (Fsp3) is 0.214. The average molecular weight is 456 g/mol. The highest BCUT2D eigenvalue weighted by atomic mass is 32.1. The van der Waals surface area contributed by atoms with E-state index in [-0.39, 0.29) is 5.56 Å². The predicted octanol–water partition coefficient (Wildman–Crippen LogP) is 5.26. The van der Waals surface area contributed by atoms with E-state index in [9.17, 15) is 4.79 Å². The zero-order valence-corrected chi connectivity index (χ0v) is 19.9. The minimum absolute atomic E-state index is 0.0732. The summed E-state index contributed by atoms with van der Waals surface area (Å²) < 4.78 is 0. The number of aryl methyl sites for hydroxylation is 2. The number of nitrogens with zero attached hydrogens (tertiary/aromatic N) is 1. The molecule has 0 spiro atoms. The average Bonchev–Trinajstić information content (AvgIpc) is 2.82. The summed E-state index contributed by atoms with van der Waals surface area (Å²) in [6, 6.07) is 26.7. The summed E-state index contributed by atoms with van der Waals surface area (Å²) in [6.07, 6.45) is 0.884. The Morgan fingerprint density at radius 3 is 2.21 bits per heavy atom. The third-order valence-electron chi connectivity index (χ3n) is 5.93. The van der Waals surface area contributed by atoms with Crippen LogP contribution in [0.1, 0.15) is 27.8 Å². The molecular formula is C28H29N3OS. The molecule has 0 aliphatic carbocycles. The molecule has 3 aromatic carbocycles. The smallest absolute Gasteiger partial charge is 0.253 e. The number of benzene rings is 3. The van der Waals surface area contributed by atoms with Gasteiger partial charge in [0.2, 0.25) is 0 Å². The molecule has 0 bridgehead atoms. The number of nitrogens with one attached hydrogen (secondary N) is 2. The molecular weight excluding hydrogens is 426 g/mol. The second-order valence-corrected chi connectivity index (χ2v) is 8.84. The Balaban J connectivity index is 1.55. The summed E-state index contributed by atoms with van der Waals surface area (Å²) in [5.74, 6) is 0. The van der Waals surface area contributed by atoms with E-state index in [0.717, 1.165) is 29.4 Å². The van der Waals surface area contributed by atoms with Gasteiger partial charge in [-0.25, -0.2) is 0 Å². The molecule has 5 heteroatoms. The van der Waals surface area contributed by atoms with Gasteiger partial charge in [0.15, 0.2) is 5.11 Å². The van der Waals surface area contributed by atoms with Crippen molar-refractivity contribution in [1.82, 2.24) is 15.2 Å². The molecule has 0 aliphatic heterocycles. The third kappa shape index (κ3) is 5.88. The Bertz CT molecular complexity index is 1300. The molecule has 2 N–H and O–H groups in total. The number of rotatable bonds is 7. The second kappa shape index (κ2) is 10.5. The molecule has 168 valence electrons. The van der Waals surface area contributed by atoms with Crippen molar-refractivity contribution in [3.05, 3.63) is 117 Å². The Morgan fingerprint density at radius 1 is 0.879 bits per heavy atom. The standard InChI is InChI=1S/C28H29N3OS/c1-20-15-24-17-25(27(32)30-26(24)16-21(20)2)19-31(18-23-11-7-4-8-12-23)28(33)29-14-13-22-9-5-3-6-10-22/h3-12,15-17H,13-14,18-19H2,1-2H3,(H,29,33)(H,30,32). The molecule has 4 aromatic rings. The highest BCUT2D eigenvalue weighted by Crippen LogP contribution is 2.18. The Morgan fingerprint density at radius 2 is 1.52 bits per heavy atom. The largest absolute Gasteiger partial charge is 0.362 e. The molecule has 4 nitrogen and oxygen atoms in total. The van der Waals surface area contributed by atoms with Gasteiger partial charge in [0.05, 0.1) is 6.54 Å². The maximum absolute atomic E-state index is 12.9. The molecule has 4 rings (SSSR count). The lowest BCUT2D eigenvalue weighted by atomic mass is 10.0. The number of hydrogen-bond donors (Lipinski definition) is 2. The van der Waals surface area contributed by atoms with Crippen LogP contribution in [0.25, 0.3) is 10.9 Å². The van der Waals surface area contributed by atoms with Crippen LogP contribution >= 0.6 is 12.2 Å². The molecule has 1 aromatic heterocycles. The van der Waals surface area contributed by atoms with Crippen LogP contribution in [0.4, 0.5) is 0 Å². The lowest BCUT2D eigenvalue weighted by molar-refractivity contribution is 0.398. The Kier molecular flexibility index (Phi) is 7.20. The number of fused-ring (bicyclic) bond motifs is 1. The molecule has 0 amide bonds. The monoisotopic (exact) mass is 455 g/mol. The molecule has 0 fully saturated rings. The van der Waals surface area contributed by atoms with Gasteiger partial charge in [-0.2, -0.15) is 0 Å². The van der Waals surface area contributed by atoms with Crippen molar-refractivity contribution in [2.24, 2.45) is 0 Å². The maximum Gasteiger partial charge on any atom is 0.253 e. The van der Waals surface area contributed by atoms with Crippen LogP contribution < -0.4 is 10.9 Å². The number of aromatic amines is 1. The molecule has 0 atom stereocenters. The van der Waals surface area contributed by atoms with Gasteiger partial charge < -0.3 is 15.2 Å². The lowest BCUT2D eigenvalue weighted by Crippen LogP contribution is -2.40. The first-order valence-corrected chi connectivity index (χ1v) is 11.6. The van der Waals surface area contributed by atoms with E-state index in [1.165, 1.54) is 16.7 Å². The first kappa shape index (κ1) is 22.7. The van der Waals surface area contributed by atoms with Crippen LogP contribution in [0.5, 0.6) is 0 Å². The van der Waals surface area contributed by atoms with E-state index >= 15 is 0 Å². The number of H-pyrrole nitrogens is 1. The predicted molar refractivity (Wildman–Crippen MR) is 140 cm³/mol. The van der Waals surface area contributed by atoms with Crippen LogP contribution in [0.3, 0.4) is 0 Å². The zero-order chi connectivity index (χ0) is 23.2. The molecule has 1 heterocycles. The van der Waals surface area contributed by atoms with Crippen molar-refractivity contribution < 1.29 is 0 Å². The quantitative estimate of drug-likeness (QED) is 0.373. The van der Waals surface area contributed by atoms with Crippen LogP contribution in [0, 0.1) is 13.8 Å². The molecule has 0 unspecified atom stereocenters. The van der Waals surface area contributed by atoms with E-state index in [1.54, 1.807) is 0 Å². The maximum atomic E-state index is 12.9. The van der Waals surface area contributed by atoms with Crippen molar-refractivity contribution in [2.75, 3.05) is 6.54 Å². The summed E-state index contributed by atoms with van der Waals surface area (Å²) in [5, 5.41) is 5.07. The number of pyridine rings is 1. The van der Waals surface area contributed by atoms with Gasteiger partial charge in [-0.3, -0.25) is 4.79 Å². The van der Waals surface area contributed by atoms with Crippen molar-refractivity contribution in [2.45, 2.75) is 33.4 Å². The molecule has 33 heavy (non-hydrogen) atoms. The van der Waals surface area contributed by atoms with Crippen LogP contribution in [-0.2, 0) is 19.5 Å². The minimum atomic E-state index is -0.0732. The SMILES string of the molecule is Cc1cc2cc(CN(Cc3ccccc3)C(=S)NCCc3ccccc3)c(=O)[nH]c2cc1C. The number of hydrogen-bond acceptors (Lipinski definition) is 2. The van der Waals surface area contributed by atoms with Gasteiger partial charge in [0, 0.05) is 24.2 Å². The minimum Gasteiger partial charge on any atom is -0.362 e. The van der Waals surface area contributed by atoms with Crippen molar-refractivity contribution in [1.29, 1.82) is 0 Å². The van der Waals surface area contributed by atoms with Crippen molar-refractivity contribution in [3.8, 4) is 0 Å². The summed E-state index contributed by atoms with van der Waals surface area (Å²) in [4.78, 5) is 18.0. The molecule has 0 saturated carbocycles. The summed E-state index contributed by atoms with van der Waals surface area (Å²) in [7, 11) is 0. The van der Waals surface area contributed by atoms with E-state index in [0.29, 0.717) is 23.8 Å². The van der Waals surface area contributed by atoms with Gasteiger partial charge in [-0.05, 0) is 78.3 Å².